The number of carbonyl (C=O) groups excluding carboxylic acids is 1. The first-order valence-corrected chi connectivity index (χ1v) is 5.19. The zero-order chi connectivity index (χ0) is 10.4. The van der Waals surface area contributed by atoms with Crippen LogP contribution in [0.4, 0.5) is 4.79 Å². The maximum Gasteiger partial charge on any atom is 0.314 e. The first-order chi connectivity index (χ1) is 6.74. The van der Waals surface area contributed by atoms with Gasteiger partial charge in [-0.2, -0.15) is 0 Å². The molecular weight excluding hydrogens is 180 g/mol. The predicted octanol–water partition coefficient (Wildman–Crippen LogP) is -0.675. The average Bonchev–Trinajstić information content (AvgIpc) is 2.19. The normalized spacial score (nSPS) is 22.4. The van der Waals surface area contributed by atoms with Crippen molar-refractivity contribution in [3.63, 3.8) is 0 Å². The van der Waals surface area contributed by atoms with Crippen LogP contribution in [0.25, 0.3) is 0 Å². The number of urea groups is 1. The Hall–Kier alpha value is -0.810. The number of nitrogens with two attached hydrogens (primary N) is 2. The molecule has 1 aliphatic rings. The largest absolute Gasteiger partial charge is 0.351 e. The Morgan fingerprint density at radius 3 is 3.00 bits per heavy atom. The van der Waals surface area contributed by atoms with Crippen LogP contribution in [0.2, 0.25) is 0 Å². The zero-order valence-electron chi connectivity index (χ0n) is 8.54. The number of nitrogens with zero attached hydrogens (tertiary/aromatic N) is 1. The van der Waals surface area contributed by atoms with Gasteiger partial charge in [-0.1, -0.05) is 0 Å². The molecule has 1 heterocycles. The van der Waals surface area contributed by atoms with Gasteiger partial charge in [0.1, 0.15) is 0 Å². The van der Waals surface area contributed by atoms with E-state index >= 15 is 0 Å². The molecule has 5 heteroatoms. The van der Waals surface area contributed by atoms with Crippen LogP contribution in [0.1, 0.15) is 12.8 Å². The molecule has 2 amide bonds. The molecular formula is C9H20N4O. The van der Waals surface area contributed by atoms with Crippen molar-refractivity contribution >= 4 is 6.03 Å². The van der Waals surface area contributed by atoms with E-state index < -0.39 is 0 Å². The van der Waals surface area contributed by atoms with Gasteiger partial charge in [-0.15, -0.1) is 0 Å². The Morgan fingerprint density at radius 2 is 2.36 bits per heavy atom. The summed E-state index contributed by atoms with van der Waals surface area (Å²) in [4.78, 5) is 12.7. The lowest BCUT2D eigenvalue weighted by Crippen LogP contribution is -2.45. The second kappa shape index (κ2) is 5.82. The molecule has 0 saturated carbocycles. The van der Waals surface area contributed by atoms with Gasteiger partial charge >= 0.3 is 6.03 Å². The van der Waals surface area contributed by atoms with Crippen LogP contribution in [0.5, 0.6) is 0 Å². The second-order valence-electron chi connectivity index (χ2n) is 3.79. The van der Waals surface area contributed by atoms with E-state index in [1.165, 1.54) is 6.42 Å². The minimum atomic E-state index is -0.298. The molecule has 0 spiro atoms. The molecule has 14 heavy (non-hydrogen) atoms. The van der Waals surface area contributed by atoms with Crippen LogP contribution in [-0.2, 0) is 0 Å². The van der Waals surface area contributed by atoms with Gasteiger partial charge in [-0.3, -0.25) is 0 Å². The lowest BCUT2D eigenvalue weighted by Gasteiger charge is -2.31. The van der Waals surface area contributed by atoms with E-state index in [4.69, 9.17) is 11.5 Å². The lowest BCUT2D eigenvalue weighted by atomic mass is 9.98. The van der Waals surface area contributed by atoms with Crippen molar-refractivity contribution < 1.29 is 4.79 Å². The zero-order valence-corrected chi connectivity index (χ0v) is 8.54. The number of primary amides is 1. The fraction of sp³-hybridized carbons (Fsp3) is 0.889. The second-order valence-corrected chi connectivity index (χ2v) is 3.79. The highest BCUT2D eigenvalue weighted by Crippen LogP contribution is 2.14. The molecule has 0 bridgehead atoms. The summed E-state index contributed by atoms with van der Waals surface area (Å²) in [6.07, 6.45) is 2.22. The first kappa shape index (κ1) is 11.3. The third kappa shape index (κ3) is 3.51. The van der Waals surface area contributed by atoms with Crippen molar-refractivity contribution in [2.45, 2.75) is 12.8 Å². The van der Waals surface area contributed by atoms with Crippen molar-refractivity contribution in [3.8, 4) is 0 Å². The molecule has 0 aliphatic carbocycles. The van der Waals surface area contributed by atoms with E-state index in [0.29, 0.717) is 12.5 Å². The van der Waals surface area contributed by atoms with Crippen LogP contribution < -0.4 is 16.8 Å². The van der Waals surface area contributed by atoms with Crippen molar-refractivity contribution in [3.05, 3.63) is 0 Å². The quantitative estimate of drug-likeness (QED) is 0.526. The highest BCUT2D eigenvalue weighted by molar-refractivity contribution is 5.72. The third-order valence-electron chi connectivity index (χ3n) is 2.58. The summed E-state index contributed by atoms with van der Waals surface area (Å²) in [7, 11) is 0. The molecule has 1 rings (SSSR count). The smallest absolute Gasteiger partial charge is 0.314 e. The fourth-order valence-electron chi connectivity index (χ4n) is 1.84. The number of rotatable bonds is 4. The molecule has 1 unspecified atom stereocenters. The summed E-state index contributed by atoms with van der Waals surface area (Å²) in [5, 5.41) is 3.26. The van der Waals surface area contributed by atoms with Crippen LogP contribution in [0.15, 0.2) is 0 Å². The minimum Gasteiger partial charge on any atom is -0.351 e. The van der Waals surface area contributed by atoms with Crippen molar-refractivity contribution in [2.24, 2.45) is 17.4 Å². The molecule has 82 valence electrons. The molecule has 0 aromatic heterocycles. The SMILES string of the molecule is NCCNCC1CCCN(C(N)=O)C1. The average molecular weight is 200 g/mol. The van der Waals surface area contributed by atoms with E-state index in [0.717, 1.165) is 32.6 Å². The number of carbonyl (C=O) groups is 1. The Morgan fingerprint density at radius 1 is 1.57 bits per heavy atom. The molecule has 0 aromatic carbocycles. The number of nitrogens with one attached hydrogen (secondary N) is 1. The van der Waals surface area contributed by atoms with Crippen LogP contribution in [0, 0.1) is 5.92 Å². The molecule has 1 aliphatic heterocycles. The maximum absolute atomic E-state index is 10.9. The van der Waals surface area contributed by atoms with E-state index in [2.05, 4.69) is 5.32 Å². The molecule has 5 nitrogen and oxygen atoms in total. The number of hydrogen-bond acceptors (Lipinski definition) is 3. The highest BCUT2D eigenvalue weighted by Gasteiger charge is 2.21. The summed E-state index contributed by atoms with van der Waals surface area (Å²) in [5.74, 6) is 0.530. The van der Waals surface area contributed by atoms with E-state index in [1.54, 1.807) is 4.90 Å². The van der Waals surface area contributed by atoms with Crippen LogP contribution >= 0.6 is 0 Å². The lowest BCUT2D eigenvalue weighted by molar-refractivity contribution is 0.173. The third-order valence-corrected chi connectivity index (χ3v) is 2.58. The Balaban J connectivity index is 2.22. The van der Waals surface area contributed by atoms with Gasteiger partial charge in [0.15, 0.2) is 0 Å². The Bertz CT molecular complexity index is 186. The standard InChI is InChI=1S/C9H20N4O/c10-3-4-12-6-8-2-1-5-13(7-8)9(11)14/h8,12H,1-7,10H2,(H2,11,14). The van der Waals surface area contributed by atoms with Gasteiger partial charge in [0.2, 0.25) is 0 Å². The summed E-state index contributed by atoms with van der Waals surface area (Å²) in [6.45, 7) is 4.02. The Kier molecular flexibility index (Phi) is 4.69. The number of piperidine rings is 1. The van der Waals surface area contributed by atoms with Crippen molar-refractivity contribution in [1.82, 2.24) is 10.2 Å². The monoisotopic (exact) mass is 200 g/mol. The van der Waals surface area contributed by atoms with Crippen molar-refractivity contribution in [1.29, 1.82) is 0 Å². The van der Waals surface area contributed by atoms with E-state index in [9.17, 15) is 4.79 Å². The van der Waals surface area contributed by atoms with E-state index in [-0.39, 0.29) is 6.03 Å². The number of likely N-dealkylation sites (tertiary alicyclic amines) is 1. The summed E-state index contributed by atoms with van der Waals surface area (Å²) < 4.78 is 0. The summed E-state index contributed by atoms with van der Waals surface area (Å²) in [6, 6.07) is -0.298. The molecule has 0 aromatic rings. The van der Waals surface area contributed by atoms with Crippen LogP contribution in [-0.4, -0.2) is 43.7 Å². The Labute approximate surface area is 84.8 Å². The van der Waals surface area contributed by atoms with Crippen molar-refractivity contribution in [2.75, 3.05) is 32.7 Å². The molecule has 0 radical (unpaired) electrons. The van der Waals surface area contributed by atoms with Gasteiger partial charge in [-0.05, 0) is 25.3 Å². The van der Waals surface area contributed by atoms with Gasteiger partial charge in [0.05, 0.1) is 0 Å². The highest BCUT2D eigenvalue weighted by atomic mass is 16.2. The number of amides is 2. The van der Waals surface area contributed by atoms with Gasteiger partial charge in [-0.25, -0.2) is 4.79 Å². The molecule has 1 atom stereocenters. The van der Waals surface area contributed by atoms with Gasteiger partial charge in [0.25, 0.3) is 0 Å². The summed E-state index contributed by atoms with van der Waals surface area (Å²) in [5.41, 5.74) is 10.6. The first-order valence-electron chi connectivity index (χ1n) is 5.19. The predicted molar refractivity (Wildman–Crippen MR) is 55.8 cm³/mol. The number of hydrogen-bond donors (Lipinski definition) is 3. The van der Waals surface area contributed by atoms with Gasteiger partial charge < -0.3 is 21.7 Å². The molecule has 1 saturated heterocycles. The fourth-order valence-corrected chi connectivity index (χ4v) is 1.84. The molecule has 5 N–H and O–H groups in total. The van der Waals surface area contributed by atoms with E-state index in [1.807, 2.05) is 0 Å². The molecule has 1 fully saturated rings. The van der Waals surface area contributed by atoms with Crippen LogP contribution in [0.3, 0.4) is 0 Å². The van der Waals surface area contributed by atoms with Gasteiger partial charge in [0, 0.05) is 26.2 Å². The minimum absolute atomic E-state index is 0.298. The topological polar surface area (TPSA) is 84.4 Å². The maximum atomic E-state index is 10.9. The summed E-state index contributed by atoms with van der Waals surface area (Å²) >= 11 is 0.